The van der Waals surface area contributed by atoms with Crippen LogP contribution in [0.5, 0.6) is 5.75 Å². The van der Waals surface area contributed by atoms with Crippen LogP contribution < -0.4 is 14.4 Å². The molecule has 7 nitrogen and oxygen atoms in total. The van der Waals surface area contributed by atoms with Crippen molar-refractivity contribution >= 4 is 33.4 Å². The van der Waals surface area contributed by atoms with E-state index in [0.29, 0.717) is 23.6 Å². The molecular weight excluding hydrogens is 472 g/mol. The van der Waals surface area contributed by atoms with Gasteiger partial charge in [-0.1, -0.05) is 30.3 Å². The fourth-order valence-corrected chi connectivity index (χ4v) is 5.08. The second kappa shape index (κ2) is 11.9. The van der Waals surface area contributed by atoms with Gasteiger partial charge in [0.15, 0.2) is 0 Å². The van der Waals surface area contributed by atoms with Crippen molar-refractivity contribution in [3.63, 3.8) is 0 Å². The Morgan fingerprint density at radius 3 is 2.26 bits per heavy atom. The highest BCUT2D eigenvalue weighted by atomic mass is 32.2. The summed E-state index contributed by atoms with van der Waals surface area (Å²) >= 11 is 1.51. The van der Waals surface area contributed by atoms with Crippen molar-refractivity contribution in [3.8, 4) is 5.75 Å². The maximum Gasteiger partial charge on any atom is 0.264 e. The number of amides is 1. The molecule has 0 spiro atoms. The SMILES string of the molecule is CCOc1ccc(N(CC(=O)NC[C@@H](O)c2ccccc2)S(=O)(=O)c2ccc(SC)cc2)cc1. The van der Waals surface area contributed by atoms with E-state index in [4.69, 9.17) is 4.74 Å². The number of anilines is 1. The number of thioether (sulfide) groups is 1. The molecule has 0 saturated heterocycles. The fraction of sp³-hybridized carbons (Fsp3) is 0.240. The van der Waals surface area contributed by atoms with Crippen molar-refractivity contribution in [1.82, 2.24) is 5.32 Å². The van der Waals surface area contributed by atoms with Crippen LogP contribution in [0.2, 0.25) is 0 Å². The largest absolute Gasteiger partial charge is 0.494 e. The summed E-state index contributed by atoms with van der Waals surface area (Å²) in [7, 11) is -4.03. The molecule has 0 aliphatic rings. The monoisotopic (exact) mass is 500 g/mol. The summed E-state index contributed by atoms with van der Waals surface area (Å²) in [6, 6.07) is 22.0. The molecule has 0 heterocycles. The van der Waals surface area contributed by atoms with E-state index in [2.05, 4.69) is 5.32 Å². The summed E-state index contributed by atoms with van der Waals surface area (Å²) in [6.07, 6.45) is 1.00. The van der Waals surface area contributed by atoms with Crippen LogP contribution in [0.3, 0.4) is 0 Å². The van der Waals surface area contributed by atoms with Gasteiger partial charge in [0, 0.05) is 11.4 Å². The standard InChI is InChI=1S/C25H28N2O5S2/c1-3-32-21-11-9-20(10-12-21)27(34(30,31)23-15-13-22(33-2)14-16-23)18-25(29)26-17-24(28)19-7-5-4-6-8-19/h4-16,24,28H,3,17-18H2,1-2H3,(H,26,29)/t24-/m1/s1. The minimum atomic E-state index is -4.03. The molecule has 34 heavy (non-hydrogen) atoms. The summed E-state index contributed by atoms with van der Waals surface area (Å²) < 4.78 is 33.5. The summed E-state index contributed by atoms with van der Waals surface area (Å²) in [6.45, 7) is 1.86. The third-order valence-corrected chi connectivity index (χ3v) is 7.58. The number of hydrogen-bond donors (Lipinski definition) is 2. The van der Waals surface area contributed by atoms with Crippen LogP contribution in [0.25, 0.3) is 0 Å². The quantitative estimate of drug-likeness (QED) is 0.388. The minimum absolute atomic E-state index is 0.0393. The summed E-state index contributed by atoms with van der Waals surface area (Å²) in [4.78, 5) is 13.8. The van der Waals surface area contributed by atoms with Gasteiger partial charge >= 0.3 is 0 Å². The second-order valence-corrected chi connectivity index (χ2v) is 10.1. The Morgan fingerprint density at radius 1 is 1.03 bits per heavy atom. The predicted molar refractivity (Wildman–Crippen MR) is 135 cm³/mol. The molecule has 3 aromatic rings. The Labute approximate surface area is 204 Å². The van der Waals surface area contributed by atoms with E-state index in [1.807, 2.05) is 19.2 Å². The molecular formula is C25H28N2O5S2. The van der Waals surface area contributed by atoms with Gasteiger partial charge in [0.2, 0.25) is 5.91 Å². The van der Waals surface area contributed by atoms with Crippen molar-refractivity contribution < 1.29 is 23.1 Å². The number of hydrogen-bond acceptors (Lipinski definition) is 6. The van der Waals surface area contributed by atoms with Crippen LogP contribution in [0, 0.1) is 0 Å². The first-order chi connectivity index (χ1) is 16.3. The average Bonchev–Trinajstić information content (AvgIpc) is 2.87. The van der Waals surface area contributed by atoms with Gasteiger partial charge in [-0.3, -0.25) is 9.10 Å². The maximum absolute atomic E-state index is 13.5. The lowest BCUT2D eigenvalue weighted by Crippen LogP contribution is -2.42. The third kappa shape index (κ3) is 6.53. The number of aliphatic hydroxyl groups excluding tert-OH is 1. The Hall–Kier alpha value is -3.01. The molecule has 9 heteroatoms. The van der Waals surface area contributed by atoms with E-state index in [0.717, 1.165) is 9.20 Å². The molecule has 1 amide bonds. The Bertz CT molecular complexity index is 1170. The number of nitrogens with one attached hydrogen (secondary N) is 1. The molecule has 1 atom stereocenters. The zero-order chi connectivity index (χ0) is 24.6. The van der Waals surface area contributed by atoms with Crippen LogP contribution in [-0.2, 0) is 14.8 Å². The first-order valence-corrected chi connectivity index (χ1v) is 13.4. The average molecular weight is 501 g/mol. The van der Waals surface area contributed by atoms with Crippen LogP contribution in [0.1, 0.15) is 18.6 Å². The van der Waals surface area contributed by atoms with E-state index in [-0.39, 0.29) is 11.4 Å². The predicted octanol–water partition coefficient (Wildman–Crippen LogP) is 3.85. The number of ether oxygens (including phenoxy) is 1. The van der Waals surface area contributed by atoms with Crippen molar-refractivity contribution in [1.29, 1.82) is 0 Å². The van der Waals surface area contributed by atoms with Gasteiger partial charge in [-0.25, -0.2) is 8.42 Å². The van der Waals surface area contributed by atoms with E-state index in [1.165, 1.54) is 23.9 Å². The summed E-state index contributed by atoms with van der Waals surface area (Å²) in [5, 5.41) is 13.0. The number of rotatable bonds is 11. The van der Waals surface area contributed by atoms with Gasteiger partial charge in [-0.2, -0.15) is 0 Å². The van der Waals surface area contributed by atoms with Crippen LogP contribution in [-0.4, -0.2) is 45.4 Å². The molecule has 0 unspecified atom stereocenters. The van der Waals surface area contributed by atoms with E-state index < -0.39 is 28.6 Å². The minimum Gasteiger partial charge on any atom is -0.494 e. The van der Waals surface area contributed by atoms with E-state index in [9.17, 15) is 18.3 Å². The molecule has 0 saturated carbocycles. The van der Waals surface area contributed by atoms with Crippen molar-refractivity contribution in [2.75, 3.05) is 30.3 Å². The first kappa shape index (κ1) is 25.6. The number of carbonyl (C=O) groups is 1. The highest BCUT2D eigenvalue weighted by Gasteiger charge is 2.27. The Morgan fingerprint density at radius 2 is 1.68 bits per heavy atom. The molecule has 0 bridgehead atoms. The van der Waals surface area contributed by atoms with Crippen molar-refractivity contribution in [3.05, 3.63) is 84.4 Å². The highest BCUT2D eigenvalue weighted by molar-refractivity contribution is 7.98. The Kier molecular flexibility index (Phi) is 8.98. The lowest BCUT2D eigenvalue weighted by Gasteiger charge is -2.24. The maximum atomic E-state index is 13.5. The normalized spacial score (nSPS) is 12.1. The van der Waals surface area contributed by atoms with Crippen molar-refractivity contribution in [2.24, 2.45) is 0 Å². The number of carbonyl (C=O) groups excluding carboxylic acids is 1. The van der Waals surface area contributed by atoms with Gasteiger partial charge in [0.05, 0.1) is 23.3 Å². The highest BCUT2D eigenvalue weighted by Crippen LogP contribution is 2.27. The van der Waals surface area contributed by atoms with Gasteiger partial charge < -0.3 is 15.2 Å². The lowest BCUT2D eigenvalue weighted by molar-refractivity contribution is -0.120. The van der Waals surface area contributed by atoms with Gasteiger partial charge in [-0.05, 0) is 67.3 Å². The molecule has 0 aromatic heterocycles. The molecule has 3 aromatic carbocycles. The fourth-order valence-electron chi connectivity index (χ4n) is 3.26. The molecule has 2 N–H and O–H groups in total. The molecule has 0 aliphatic heterocycles. The molecule has 0 aliphatic carbocycles. The number of aliphatic hydroxyl groups is 1. The smallest absolute Gasteiger partial charge is 0.264 e. The van der Waals surface area contributed by atoms with Gasteiger partial charge in [-0.15, -0.1) is 11.8 Å². The topological polar surface area (TPSA) is 95.9 Å². The molecule has 0 fully saturated rings. The Balaban J connectivity index is 1.82. The zero-order valence-electron chi connectivity index (χ0n) is 19.0. The van der Waals surface area contributed by atoms with Crippen LogP contribution >= 0.6 is 11.8 Å². The second-order valence-electron chi connectivity index (χ2n) is 7.34. The number of nitrogens with zero attached hydrogens (tertiary/aromatic N) is 1. The zero-order valence-corrected chi connectivity index (χ0v) is 20.7. The van der Waals surface area contributed by atoms with E-state index >= 15 is 0 Å². The van der Waals surface area contributed by atoms with Gasteiger partial charge in [0.25, 0.3) is 10.0 Å². The molecule has 0 radical (unpaired) electrons. The number of sulfonamides is 1. The number of benzene rings is 3. The molecule has 180 valence electrons. The van der Waals surface area contributed by atoms with Crippen LogP contribution in [0.4, 0.5) is 5.69 Å². The summed E-state index contributed by atoms with van der Waals surface area (Å²) in [5.74, 6) is 0.0662. The van der Waals surface area contributed by atoms with Crippen LogP contribution in [0.15, 0.2) is 88.7 Å². The van der Waals surface area contributed by atoms with E-state index in [1.54, 1.807) is 60.7 Å². The van der Waals surface area contributed by atoms with Crippen molar-refractivity contribution in [2.45, 2.75) is 22.8 Å². The molecule has 3 rings (SSSR count). The first-order valence-electron chi connectivity index (χ1n) is 10.7. The summed E-state index contributed by atoms with van der Waals surface area (Å²) in [5.41, 5.74) is 0.990. The third-order valence-electron chi connectivity index (χ3n) is 5.05. The lowest BCUT2D eigenvalue weighted by atomic mass is 10.1. The van der Waals surface area contributed by atoms with Gasteiger partial charge in [0.1, 0.15) is 12.3 Å².